The van der Waals surface area contributed by atoms with E-state index in [1.165, 1.54) is 12.1 Å². The van der Waals surface area contributed by atoms with Crippen molar-refractivity contribution in [1.29, 1.82) is 0 Å². The molecule has 1 aliphatic rings. The predicted molar refractivity (Wildman–Crippen MR) is 88.0 cm³/mol. The molecular formula is C16H14ClFN4O2. The van der Waals surface area contributed by atoms with Crippen LogP contribution in [0.4, 0.5) is 10.1 Å². The van der Waals surface area contributed by atoms with E-state index in [1.807, 2.05) is 4.90 Å². The van der Waals surface area contributed by atoms with Gasteiger partial charge in [-0.2, -0.15) is 5.10 Å². The van der Waals surface area contributed by atoms with Crippen LogP contribution < -0.4 is 10.5 Å². The van der Waals surface area contributed by atoms with E-state index in [-0.39, 0.29) is 22.3 Å². The van der Waals surface area contributed by atoms with E-state index in [4.69, 9.17) is 16.1 Å². The monoisotopic (exact) mass is 348 g/mol. The SMILES string of the molecule is O=c1[nH]ncc(N2CCC(c3noc4cc(F)ccc34)CC2)c1Cl. The van der Waals surface area contributed by atoms with Crippen LogP contribution in [-0.4, -0.2) is 28.4 Å². The molecule has 1 aliphatic heterocycles. The first-order valence-electron chi connectivity index (χ1n) is 7.66. The molecule has 1 saturated heterocycles. The fraction of sp³-hybridized carbons (Fsp3) is 0.312. The Bertz CT molecular complexity index is 947. The fourth-order valence-electron chi connectivity index (χ4n) is 3.21. The first kappa shape index (κ1) is 15.1. The van der Waals surface area contributed by atoms with Crippen molar-refractivity contribution in [1.82, 2.24) is 15.4 Å². The highest BCUT2D eigenvalue weighted by Crippen LogP contribution is 2.34. The molecule has 0 aliphatic carbocycles. The van der Waals surface area contributed by atoms with Crippen molar-refractivity contribution in [2.24, 2.45) is 0 Å². The minimum atomic E-state index is -0.388. The third kappa shape index (κ3) is 2.54. The summed E-state index contributed by atoms with van der Waals surface area (Å²) in [4.78, 5) is 13.6. The van der Waals surface area contributed by atoms with E-state index in [1.54, 1.807) is 12.3 Å². The van der Waals surface area contributed by atoms with Crippen LogP contribution in [0.25, 0.3) is 11.0 Å². The molecule has 0 bridgehead atoms. The number of aromatic amines is 1. The van der Waals surface area contributed by atoms with Gasteiger partial charge in [0.2, 0.25) is 0 Å². The number of nitrogens with one attached hydrogen (secondary N) is 1. The summed E-state index contributed by atoms with van der Waals surface area (Å²) in [5, 5.41) is 11.3. The van der Waals surface area contributed by atoms with Gasteiger partial charge in [-0.1, -0.05) is 16.8 Å². The maximum atomic E-state index is 13.3. The number of fused-ring (bicyclic) bond motifs is 1. The van der Waals surface area contributed by atoms with E-state index < -0.39 is 0 Å². The number of H-pyrrole nitrogens is 1. The van der Waals surface area contributed by atoms with Crippen LogP contribution in [0.1, 0.15) is 24.5 Å². The van der Waals surface area contributed by atoms with Crippen molar-refractivity contribution < 1.29 is 8.91 Å². The first-order chi connectivity index (χ1) is 11.6. The summed E-state index contributed by atoms with van der Waals surface area (Å²) in [5.41, 5.74) is 1.58. The molecule has 0 atom stereocenters. The lowest BCUT2D eigenvalue weighted by Crippen LogP contribution is -2.34. The summed E-state index contributed by atoms with van der Waals surface area (Å²) in [6.07, 6.45) is 3.24. The van der Waals surface area contributed by atoms with Gasteiger partial charge in [-0.3, -0.25) is 4.79 Å². The smallest absolute Gasteiger partial charge is 0.285 e. The number of nitrogens with zero attached hydrogens (tertiary/aromatic N) is 3. The van der Waals surface area contributed by atoms with E-state index in [9.17, 15) is 9.18 Å². The average molecular weight is 349 g/mol. The Morgan fingerprint density at radius 2 is 2.12 bits per heavy atom. The molecule has 0 spiro atoms. The van der Waals surface area contributed by atoms with E-state index in [0.29, 0.717) is 11.3 Å². The molecule has 1 fully saturated rings. The second-order valence-corrected chi connectivity index (χ2v) is 6.25. The Balaban J connectivity index is 1.55. The van der Waals surface area contributed by atoms with Crippen LogP contribution in [0.5, 0.6) is 0 Å². The summed E-state index contributed by atoms with van der Waals surface area (Å²) in [6.45, 7) is 1.45. The van der Waals surface area contributed by atoms with Crippen LogP contribution in [0.15, 0.2) is 33.7 Å². The van der Waals surface area contributed by atoms with Gasteiger partial charge in [-0.15, -0.1) is 0 Å². The van der Waals surface area contributed by atoms with Crippen molar-refractivity contribution in [2.45, 2.75) is 18.8 Å². The largest absolute Gasteiger partial charge is 0.369 e. The van der Waals surface area contributed by atoms with Gasteiger partial charge in [-0.25, -0.2) is 9.49 Å². The molecule has 0 radical (unpaired) electrons. The number of halogens is 2. The highest BCUT2D eigenvalue weighted by molar-refractivity contribution is 6.33. The zero-order chi connectivity index (χ0) is 16.7. The molecule has 3 aromatic rings. The average Bonchev–Trinajstić information content (AvgIpc) is 3.00. The summed E-state index contributed by atoms with van der Waals surface area (Å²) in [6, 6.07) is 4.48. The molecule has 4 rings (SSSR count). The second-order valence-electron chi connectivity index (χ2n) is 5.87. The lowest BCUT2D eigenvalue weighted by molar-refractivity contribution is 0.416. The highest BCUT2D eigenvalue weighted by atomic mass is 35.5. The molecule has 3 heterocycles. The number of piperidine rings is 1. The Kier molecular flexibility index (Phi) is 3.72. The van der Waals surface area contributed by atoms with Gasteiger partial charge in [0.1, 0.15) is 10.8 Å². The van der Waals surface area contributed by atoms with Gasteiger partial charge in [0, 0.05) is 30.5 Å². The summed E-state index contributed by atoms with van der Waals surface area (Å²) in [7, 11) is 0. The van der Waals surface area contributed by atoms with Crippen LogP contribution in [0.2, 0.25) is 5.02 Å². The van der Waals surface area contributed by atoms with E-state index >= 15 is 0 Å². The lowest BCUT2D eigenvalue weighted by Gasteiger charge is -2.32. The van der Waals surface area contributed by atoms with Gasteiger partial charge in [0.15, 0.2) is 5.58 Å². The first-order valence-corrected chi connectivity index (χ1v) is 8.04. The molecule has 8 heteroatoms. The van der Waals surface area contributed by atoms with Crippen molar-refractivity contribution in [3.8, 4) is 0 Å². The molecule has 1 N–H and O–H groups in total. The summed E-state index contributed by atoms with van der Waals surface area (Å²) >= 11 is 6.07. The summed E-state index contributed by atoms with van der Waals surface area (Å²) < 4.78 is 18.5. The standard InChI is InChI=1S/C16H14ClFN4O2/c17-14-12(8-19-20-16(14)23)22-5-3-9(4-6-22)15-11-2-1-10(18)7-13(11)24-21-15/h1-2,7-9H,3-6H2,(H,20,23). The van der Waals surface area contributed by atoms with Crippen LogP contribution in [0.3, 0.4) is 0 Å². The van der Waals surface area contributed by atoms with Crippen LogP contribution in [0, 0.1) is 5.82 Å². The predicted octanol–water partition coefficient (Wildman–Crippen LogP) is 3.09. The van der Waals surface area contributed by atoms with Gasteiger partial charge in [0.05, 0.1) is 17.6 Å². The quantitative estimate of drug-likeness (QED) is 0.770. The molecule has 0 unspecified atom stereocenters. The third-order valence-electron chi connectivity index (χ3n) is 4.46. The van der Waals surface area contributed by atoms with Gasteiger partial charge < -0.3 is 9.42 Å². The maximum absolute atomic E-state index is 13.3. The zero-order valence-corrected chi connectivity index (χ0v) is 13.4. The third-order valence-corrected chi connectivity index (χ3v) is 4.83. The van der Waals surface area contributed by atoms with Crippen molar-refractivity contribution in [3.63, 3.8) is 0 Å². The minimum absolute atomic E-state index is 0.158. The van der Waals surface area contributed by atoms with Gasteiger partial charge in [-0.05, 0) is 25.0 Å². The molecule has 6 nitrogen and oxygen atoms in total. The number of rotatable bonds is 2. The molecule has 0 saturated carbocycles. The normalized spacial score (nSPS) is 16.0. The topological polar surface area (TPSA) is 75.0 Å². The van der Waals surface area contributed by atoms with Crippen LogP contribution >= 0.6 is 11.6 Å². The molecule has 2 aromatic heterocycles. The van der Waals surface area contributed by atoms with E-state index in [2.05, 4.69) is 15.4 Å². The Morgan fingerprint density at radius 1 is 1.33 bits per heavy atom. The number of hydrogen-bond acceptors (Lipinski definition) is 5. The number of benzene rings is 1. The van der Waals surface area contributed by atoms with Crippen molar-refractivity contribution in [2.75, 3.05) is 18.0 Å². The maximum Gasteiger partial charge on any atom is 0.285 e. The van der Waals surface area contributed by atoms with Crippen molar-refractivity contribution >= 4 is 28.3 Å². The Labute approximate surface area is 141 Å². The molecule has 124 valence electrons. The van der Waals surface area contributed by atoms with Crippen LogP contribution in [-0.2, 0) is 0 Å². The number of hydrogen-bond donors (Lipinski definition) is 1. The fourth-order valence-corrected chi connectivity index (χ4v) is 3.42. The van der Waals surface area contributed by atoms with Gasteiger partial charge >= 0.3 is 0 Å². The molecular weight excluding hydrogens is 335 g/mol. The Hall–Kier alpha value is -2.41. The molecule has 0 amide bonds. The number of aromatic nitrogens is 3. The number of anilines is 1. The Morgan fingerprint density at radius 3 is 2.92 bits per heavy atom. The molecule has 1 aromatic carbocycles. The lowest BCUT2D eigenvalue weighted by atomic mass is 9.91. The highest BCUT2D eigenvalue weighted by Gasteiger charge is 2.26. The minimum Gasteiger partial charge on any atom is -0.369 e. The van der Waals surface area contributed by atoms with Crippen molar-refractivity contribution in [3.05, 3.63) is 51.3 Å². The second kappa shape index (κ2) is 5.90. The van der Waals surface area contributed by atoms with E-state index in [0.717, 1.165) is 37.0 Å². The molecule has 24 heavy (non-hydrogen) atoms. The summed E-state index contributed by atoms with van der Waals surface area (Å²) in [5.74, 6) is -0.113. The van der Waals surface area contributed by atoms with Gasteiger partial charge in [0.25, 0.3) is 5.56 Å². The zero-order valence-electron chi connectivity index (χ0n) is 12.6.